The Morgan fingerprint density at radius 1 is 1.17 bits per heavy atom. The lowest BCUT2D eigenvalue weighted by Crippen LogP contribution is -1.95. The molecule has 0 bridgehead atoms. The lowest BCUT2D eigenvalue weighted by Gasteiger charge is -2.12. The quantitative estimate of drug-likeness (QED) is 0.647. The van der Waals surface area contributed by atoms with E-state index in [9.17, 15) is 0 Å². The van der Waals surface area contributed by atoms with Gasteiger partial charge in [0.1, 0.15) is 5.75 Å². The van der Waals surface area contributed by atoms with Crippen LogP contribution in [0.25, 0.3) is 5.57 Å². The maximum Gasteiger partial charge on any atom is 0.119 e. The van der Waals surface area contributed by atoms with Gasteiger partial charge >= 0.3 is 0 Å². The van der Waals surface area contributed by atoms with E-state index in [1.54, 1.807) is 7.11 Å². The summed E-state index contributed by atoms with van der Waals surface area (Å²) in [6.07, 6.45) is 4.48. The van der Waals surface area contributed by atoms with Crippen LogP contribution in [0.5, 0.6) is 5.75 Å². The molecule has 0 fully saturated rings. The number of methoxy groups -OCH3 is 1. The first-order valence-electron chi connectivity index (χ1n) is 7.08. The molecule has 0 spiro atoms. The lowest BCUT2D eigenvalue weighted by molar-refractivity contribution is 0.414. The molecule has 0 aromatic heterocycles. The van der Waals surface area contributed by atoms with Crippen LogP contribution in [-0.4, -0.2) is 7.11 Å². The Bertz CT molecular complexity index is 353. The van der Waals surface area contributed by atoms with Crippen molar-refractivity contribution < 1.29 is 4.74 Å². The molecule has 0 radical (unpaired) electrons. The molecule has 0 aliphatic carbocycles. The van der Waals surface area contributed by atoms with Crippen molar-refractivity contribution in [1.82, 2.24) is 0 Å². The molecule has 0 unspecified atom stereocenters. The minimum atomic E-state index is 0.923. The van der Waals surface area contributed by atoms with Gasteiger partial charge in [-0.25, -0.2) is 0 Å². The van der Waals surface area contributed by atoms with Crippen molar-refractivity contribution in [1.29, 1.82) is 0 Å². The molecule has 0 aliphatic heterocycles. The van der Waals surface area contributed by atoms with Gasteiger partial charge in [0.25, 0.3) is 0 Å². The maximum absolute atomic E-state index is 5.28. The van der Waals surface area contributed by atoms with Crippen molar-refractivity contribution in [2.75, 3.05) is 7.11 Å². The molecule has 1 nitrogen and oxygen atoms in total. The SMILES string of the molecule is C=C(CCC)c1cc(OC)ccc1CCC.CC. The zero-order valence-electron chi connectivity index (χ0n) is 12.7. The van der Waals surface area contributed by atoms with Crippen molar-refractivity contribution in [2.45, 2.75) is 53.4 Å². The van der Waals surface area contributed by atoms with Crippen LogP contribution in [0.1, 0.15) is 58.1 Å². The van der Waals surface area contributed by atoms with Gasteiger partial charge < -0.3 is 4.74 Å². The average molecular weight is 248 g/mol. The summed E-state index contributed by atoms with van der Waals surface area (Å²) in [6.45, 7) is 12.6. The van der Waals surface area contributed by atoms with Crippen LogP contribution in [0.3, 0.4) is 0 Å². The van der Waals surface area contributed by atoms with Gasteiger partial charge in [-0.15, -0.1) is 0 Å². The molecule has 1 aromatic carbocycles. The fourth-order valence-corrected chi connectivity index (χ4v) is 1.94. The van der Waals surface area contributed by atoms with Crippen LogP contribution < -0.4 is 4.74 Å². The highest BCUT2D eigenvalue weighted by atomic mass is 16.5. The zero-order chi connectivity index (χ0) is 14.0. The molecule has 1 aromatic rings. The molecule has 1 heteroatoms. The highest BCUT2D eigenvalue weighted by Crippen LogP contribution is 2.27. The summed E-state index contributed by atoms with van der Waals surface area (Å²) in [4.78, 5) is 0. The van der Waals surface area contributed by atoms with Crippen LogP contribution in [0.4, 0.5) is 0 Å². The fraction of sp³-hybridized carbons (Fsp3) is 0.529. The summed E-state index contributed by atoms with van der Waals surface area (Å²) in [6, 6.07) is 6.31. The predicted molar refractivity (Wildman–Crippen MR) is 82.3 cm³/mol. The molecule has 18 heavy (non-hydrogen) atoms. The van der Waals surface area contributed by atoms with E-state index in [-0.39, 0.29) is 0 Å². The van der Waals surface area contributed by atoms with Gasteiger partial charge in [-0.1, -0.05) is 53.2 Å². The van der Waals surface area contributed by atoms with Gasteiger partial charge in [-0.05, 0) is 41.7 Å². The second-order valence-corrected chi connectivity index (χ2v) is 4.13. The Morgan fingerprint density at radius 3 is 2.33 bits per heavy atom. The summed E-state index contributed by atoms with van der Waals surface area (Å²) < 4.78 is 5.28. The van der Waals surface area contributed by atoms with Crippen LogP contribution >= 0.6 is 0 Å². The Kier molecular flexibility index (Phi) is 9.08. The number of benzene rings is 1. The molecule has 0 heterocycles. The largest absolute Gasteiger partial charge is 0.497 e. The second kappa shape index (κ2) is 9.76. The third-order valence-corrected chi connectivity index (χ3v) is 2.77. The lowest BCUT2D eigenvalue weighted by atomic mass is 9.95. The Hall–Kier alpha value is -1.24. The van der Waals surface area contributed by atoms with Gasteiger partial charge in [-0.2, -0.15) is 0 Å². The van der Waals surface area contributed by atoms with Crippen LogP contribution in [0.2, 0.25) is 0 Å². The Labute approximate surface area is 113 Å². The van der Waals surface area contributed by atoms with Crippen molar-refractivity contribution in [3.05, 3.63) is 35.9 Å². The summed E-state index contributed by atoms with van der Waals surface area (Å²) in [5, 5.41) is 0. The van der Waals surface area contributed by atoms with Gasteiger partial charge in [0.2, 0.25) is 0 Å². The third-order valence-electron chi connectivity index (χ3n) is 2.77. The topological polar surface area (TPSA) is 9.23 Å². The molecule has 0 atom stereocenters. The van der Waals surface area contributed by atoms with Crippen LogP contribution in [0.15, 0.2) is 24.8 Å². The Balaban J connectivity index is 0.00000137. The number of aryl methyl sites for hydroxylation is 1. The fourth-order valence-electron chi connectivity index (χ4n) is 1.94. The standard InChI is InChI=1S/C15H22O.C2H6/c1-5-7-12(3)15-11-14(16-4)10-9-13(15)8-6-2;1-2/h9-11H,3,5-8H2,1-2,4H3;1-2H3. The number of ether oxygens (including phenoxy) is 1. The van der Waals surface area contributed by atoms with E-state index in [1.807, 2.05) is 19.9 Å². The van der Waals surface area contributed by atoms with E-state index in [4.69, 9.17) is 4.74 Å². The van der Waals surface area contributed by atoms with Crippen molar-refractivity contribution >= 4 is 5.57 Å². The van der Waals surface area contributed by atoms with E-state index < -0.39 is 0 Å². The first kappa shape index (κ1) is 16.8. The highest BCUT2D eigenvalue weighted by molar-refractivity contribution is 5.67. The number of allylic oxidation sites excluding steroid dienone is 1. The van der Waals surface area contributed by atoms with Gasteiger partial charge in [0, 0.05) is 0 Å². The van der Waals surface area contributed by atoms with Crippen molar-refractivity contribution in [3.63, 3.8) is 0 Å². The molecule has 0 aliphatic rings. The number of hydrogen-bond donors (Lipinski definition) is 0. The van der Waals surface area contributed by atoms with E-state index in [2.05, 4.69) is 32.6 Å². The minimum absolute atomic E-state index is 0.923. The molecule has 0 saturated carbocycles. The Morgan fingerprint density at radius 2 is 1.83 bits per heavy atom. The molecular formula is C17H28O. The summed E-state index contributed by atoms with van der Waals surface area (Å²) >= 11 is 0. The van der Waals surface area contributed by atoms with Gasteiger partial charge in [0.15, 0.2) is 0 Å². The first-order chi connectivity index (χ1) is 8.72. The molecule has 1 rings (SSSR count). The number of rotatable bonds is 6. The molecule has 0 saturated heterocycles. The monoisotopic (exact) mass is 248 g/mol. The molecule has 0 N–H and O–H groups in total. The van der Waals surface area contributed by atoms with Crippen molar-refractivity contribution in [2.24, 2.45) is 0 Å². The van der Waals surface area contributed by atoms with E-state index >= 15 is 0 Å². The third kappa shape index (κ3) is 4.95. The predicted octanol–water partition coefficient (Wildman–Crippen LogP) is 5.49. The van der Waals surface area contributed by atoms with Crippen LogP contribution in [-0.2, 0) is 6.42 Å². The van der Waals surface area contributed by atoms with E-state index in [1.165, 1.54) is 23.1 Å². The smallest absolute Gasteiger partial charge is 0.119 e. The number of hydrogen-bond acceptors (Lipinski definition) is 1. The normalized spacial score (nSPS) is 9.39. The van der Waals surface area contributed by atoms with Gasteiger partial charge in [-0.3, -0.25) is 0 Å². The minimum Gasteiger partial charge on any atom is -0.497 e. The first-order valence-corrected chi connectivity index (χ1v) is 7.08. The van der Waals surface area contributed by atoms with Gasteiger partial charge in [0.05, 0.1) is 7.11 Å². The van der Waals surface area contributed by atoms with Crippen molar-refractivity contribution in [3.8, 4) is 5.75 Å². The molecule has 0 amide bonds. The second-order valence-electron chi connectivity index (χ2n) is 4.13. The molecule has 102 valence electrons. The highest BCUT2D eigenvalue weighted by Gasteiger charge is 2.06. The van der Waals surface area contributed by atoms with E-state index in [0.29, 0.717) is 0 Å². The molecular weight excluding hydrogens is 220 g/mol. The summed E-state index contributed by atoms with van der Waals surface area (Å²) in [7, 11) is 1.71. The average Bonchev–Trinajstić information content (AvgIpc) is 2.42. The maximum atomic E-state index is 5.28. The van der Waals surface area contributed by atoms with Crippen LogP contribution in [0, 0.1) is 0 Å². The summed E-state index contributed by atoms with van der Waals surface area (Å²) in [5.41, 5.74) is 3.90. The van der Waals surface area contributed by atoms with E-state index in [0.717, 1.165) is 25.0 Å². The summed E-state index contributed by atoms with van der Waals surface area (Å²) in [5.74, 6) is 0.923. The zero-order valence-corrected chi connectivity index (χ0v) is 12.7.